The lowest BCUT2D eigenvalue weighted by Crippen LogP contribution is -2.57. The molecule has 92 valence electrons. The van der Waals surface area contributed by atoms with Crippen LogP contribution in [0.1, 0.15) is 37.8 Å². The van der Waals surface area contributed by atoms with Gasteiger partial charge >= 0.3 is 0 Å². The van der Waals surface area contributed by atoms with Gasteiger partial charge in [0.25, 0.3) is 0 Å². The van der Waals surface area contributed by atoms with Gasteiger partial charge in [-0.2, -0.15) is 0 Å². The van der Waals surface area contributed by atoms with Crippen LogP contribution in [0.5, 0.6) is 5.75 Å². The van der Waals surface area contributed by atoms with Crippen LogP contribution in [-0.4, -0.2) is 17.7 Å². The predicted molar refractivity (Wildman–Crippen MR) is 69.4 cm³/mol. The molecule has 1 heterocycles. The molecular weight excluding hydrogens is 210 g/mol. The SMILES string of the molecule is CC[C@@]12CCN[C@@H](Cc3ccc(O)cc31)[C@H]2C. The molecule has 0 spiro atoms. The number of benzene rings is 1. The average molecular weight is 231 g/mol. The Morgan fingerprint density at radius 3 is 3.06 bits per heavy atom. The summed E-state index contributed by atoms with van der Waals surface area (Å²) in [4.78, 5) is 0. The molecule has 2 bridgehead atoms. The zero-order chi connectivity index (χ0) is 12.0. The molecule has 3 atom stereocenters. The van der Waals surface area contributed by atoms with Gasteiger partial charge in [0.15, 0.2) is 0 Å². The lowest BCUT2D eigenvalue weighted by Gasteiger charge is -2.52. The summed E-state index contributed by atoms with van der Waals surface area (Å²) in [5.41, 5.74) is 3.12. The number of nitrogens with one attached hydrogen (secondary N) is 1. The van der Waals surface area contributed by atoms with Crippen LogP contribution < -0.4 is 5.32 Å². The minimum Gasteiger partial charge on any atom is -0.508 e. The van der Waals surface area contributed by atoms with Crippen molar-refractivity contribution in [2.24, 2.45) is 5.92 Å². The molecule has 2 N–H and O–H groups in total. The van der Waals surface area contributed by atoms with Crippen LogP contribution in [-0.2, 0) is 11.8 Å². The normalized spacial score (nSPS) is 35.4. The molecule has 0 aromatic heterocycles. The first-order valence-electron chi connectivity index (χ1n) is 6.73. The van der Waals surface area contributed by atoms with Gasteiger partial charge in [0.05, 0.1) is 0 Å². The van der Waals surface area contributed by atoms with Crippen molar-refractivity contribution in [3.05, 3.63) is 29.3 Å². The average Bonchev–Trinajstić information content (AvgIpc) is 2.32. The largest absolute Gasteiger partial charge is 0.508 e. The van der Waals surface area contributed by atoms with E-state index in [9.17, 15) is 5.11 Å². The van der Waals surface area contributed by atoms with Gasteiger partial charge in [-0.25, -0.2) is 0 Å². The molecule has 2 heteroatoms. The summed E-state index contributed by atoms with van der Waals surface area (Å²) in [6.45, 7) is 5.77. The van der Waals surface area contributed by atoms with Gasteiger partial charge in [0.1, 0.15) is 5.75 Å². The van der Waals surface area contributed by atoms with E-state index in [0.29, 0.717) is 17.7 Å². The molecule has 0 radical (unpaired) electrons. The van der Waals surface area contributed by atoms with E-state index < -0.39 is 0 Å². The van der Waals surface area contributed by atoms with E-state index in [1.54, 1.807) is 0 Å². The summed E-state index contributed by atoms with van der Waals surface area (Å²) in [5, 5.41) is 13.4. The third-order valence-electron chi connectivity index (χ3n) is 5.15. The number of hydrogen-bond donors (Lipinski definition) is 2. The molecule has 1 aromatic rings. The molecule has 3 rings (SSSR count). The number of fused-ring (bicyclic) bond motifs is 4. The molecule has 1 fully saturated rings. The molecule has 1 aromatic carbocycles. The van der Waals surface area contributed by atoms with Crippen molar-refractivity contribution in [1.29, 1.82) is 0 Å². The van der Waals surface area contributed by atoms with E-state index >= 15 is 0 Å². The standard InChI is InChI=1S/C15H21NO/c1-3-15-6-7-16-14(10(15)2)8-11-4-5-12(17)9-13(11)15/h4-5,9-10,14,16-17H,3,6-8H2,1-2H3/t10-,14+,15+/m1/s1. The van der Waals surface area contributed by atoms with Gasteiger partial charge in [-0.1, -0.05) is 19.9 Å². The van der Waals surface area contributed by atoms with E-state index in [2.05, 4.69) is 25.2 Å². The van der Waals surface area contributed by atoms with E-state index in [1.165, 1.54) is 24.0 Å². The quantitative estimate of drug-likeness (QED) is 0.778. The monoisotopic (exact) mass is 231 g/mol. The zero-order valence-electron chi connectivity index (χ0n) is 10.7. The lowest BCUT2D eigenvalue weighted by molar-refractivity contribution is 0.136. The van der Waals surface area contributed by atoms with Crippen molar-refractivity contribution in [3.63, 3.8) is 0 Å². The van der Waals surface area contributed by atoms with Gasteiger partial charge in [0.2, 0.25) is 0 Å². The minimum absolute atomic E-state index is 0.280. The molecule has 2 aliphatic rings. The Morgan fingerprint density at radius 2 is 2.29 bits per heavy atom. The number of piperidine rings is 1. The van der Waals surface area contributed by atoms with E-state index in [4.69, 9.17) is 0 Å². The highest BCUT2D eigenvalue weighted by Gasteiger charge is 2.47. The fourth-order valence-corrected chi connectivity index (χ4v) is 4.03. The highest BCUT2D eigenvalue weighted by Crippen LogP contribution is 2.49. The van der Waals surface area contributed by atoms with Gasteiger partial charge in [-0.05, 0) is 55.0 Å². The summed E-state index contributed by atoms with van der Waals surface area (Å²) in [6.07, 6.45) is 3.47. The second-order valence-electron chi connectivity index (χ2n) is 5.65. The smallest absolute Gasteiger partial charge is 0.115 e. The second-order valence-corrected chi connectivity index (χ2v) is 5.65. The number of hydrogen-bond acceptors (Lipinski definition) is 2. The maximum atomic E-state index is 9.77. The Hall–Kier alpha value is -1.02. The Morgan fingerprint density at radius 1 is 1.47 bits per heavy atom. The molecule has 17 heavy (non-hydrogen) atoms. The number of rotatable bonds is 1. The molecule has 1 aliphatic heterocycles. The van der Waals surface area contributed by atoms with Gasteiger partial charge in [0, 0.05) is 11.5 Å². The topological polar surface area (TPSA) is 32.3 Å². The van der Waals surface area contributed by atoms with Crippen LogP contribution in [0.2, 0.25) is 0 Å². The fraction of sp³-hybridized carbons (Fsp3) is 0.600. The maximum absolute atomic E-state index is 9.77. The van der Waals surface area contributed by atoms with Crippen molar-refractivity contribution < 1.29 is 5.11 Å². The Bertz CT molecular complexity index is 443. The minimum atomic E-state index is 0.280. The van der Waals surface area contributed by atoms with Crippen LogP contribution in [0, 0.1) is 5.92 Å². The van der Waals surface area contributed by atoms with Crippen molar-refractivity contribution in [3.8, 4) is 5.75 Å². The summed E-state index contributed by atoms with van der Waals surface area (Å²) in [6, 6.07) is 6.56. The summed E-state index contributed by atoms with van der Waals surface area (Å²) in [5.74, 6) is 1.08. The van der Waals surface area contributed by atoms with Gasteiger partial charge in [-0.15, -0.1) is 0 Å². The third kappa shape index (κ3) is 1.43. The number of phenolic OH excluding ortho intramolecular Hbond substituents is 1. The fourth-order valence-electron chi connectivity index (χ4n) is 4.03. The molecule has 2 nitrogen and oxygen atoms in total. The molecule has 0 unspecified atom stereocenters. The molecule has 1 aliphatic carbocycles. The van der Waals surface area contributed by atoms with Gasteiger partial charge in [-0.3, -0.25) is 0 Å². The van der Waals surface area contributed by atoms with Gasteiger partial charge < -0.3 is 10.4 Å². The second kappa shape index (κ2) is 3.74. The van der Waals surface area contributed by atoms with Crippen LogP contribution in [0.15, 0.2) is 18.2 Å². The highest BCUT2D eigenvalue weighted by molar-refractivity contribution is 5.44. The Kier molecular flexibility index (Phi) is 2.44. The zero-order valence-corrected chi connectivity index (χ0v) is 10.7. The number of phenols is 1. The van der Waals surface area contributed by atoms with Crippen molar-refractivity contribution in [1.82, 2.24) is 5.32 Å². The van der Waals surface area contributed by atoms with Crippen LogP contribution >= 0.6 is 0 Å². The van der Waals surface area contributed by atoms with E-state index in [1.807, 2.05) is 12.1 Å². The van der Waals surface area contributed by atoms with Crippen molar-refractivity contribution in [2.75, 3.05) is 6.54 Å². The summed E-state index contributed by atoms with van der Waals surface area (Å²) < 4.78 is 0. The molecule has 0 saturated carbocycles. The molecule has 1 saturated heterocycles. The summed E-state index contributed by atoms with van der Waals surface area (Å²) in [7, 11) is 0. The lowest BCUT2D eigenvalue weighted by atomic mass is 9.57. The summed E-state index contributed by atoms with van der Waals surface area (Å²) >= 11 is 0. The molecular formula is C15H21NO. The number of aromatic hydroxyl groups is 1. The van der Waals surface area contributed by atoms with Crippen LogP contribution in [0.3, 0.4) is 0 Å². The van der Waals surface area contributed by atoms with Crippen LogP contribution in [0.25, 0.3) is 0 Å². The highest BCUT2D eigenvalue weighted by atomic mass is 16.3. The first-order chi connectivity index (χ1) is 8.17. The third-order valence-corrected chi connectivity index (χ3v) is 5.15. The van der Waals surface area contributed by atoms with E-state index in [-0.39, 0.29) is 5.41 Å². The Balaban J connectivity index is 2.19. The Labute approximate surface area is 103 Å². The van der Waals surface area contributed by atoms with E-state index in [0.717, 1.165) is 13.0 Å². The van der Waals surface area contributed by atoms with Crippen LogP contribution in [0.4, 0.5) is 0 Å². The van der Waals surface area contributed by atoms with Crippen molar-refractivity contribution >= 4 is 0 Å². The first kappa shape index (κ1) is 11.1. The maximum Gasteiger partial charge on any atom is 0.115 e. The molecule has 0 amide bonds. The van der Waals surface area contributed by atoms with Crippen molar-refractivity contribution in [2.45, 2.75) is 44.6 Å². The predicted octanol–water partition coefficient (Wildman–Crippen LogP) is 2.59. The first-order valence-corrected chi connectivity index (χ1v) is 6.73.